The Balaban J connectivity index is 3.24. The Bertz CT molecular complexity index is 464. The smallest absolute Gasteiger partial charge is 0.385 e. The van der Waals surface area contributed by atoms with Crippen LogP contribution in [0.15, 0.2) is 6.07 Å². The third-order valence-electron chi connectivity index (χ3n) is 1.53. The zero-order valence-electron chi connectivity index (χ0n) is 7.73. The van der Waals surface area contributed by atoms with Crippen LogP contribution in [-0.2, 0) is 0 Å². The van der Waals surface area contributed by atoms with Crippen LogP contribution in [0.4, 0.5) is 26.3 Å². The van der Waals surface area contributed by atoms with Gasteiger partial charge in [-0.15, -0.1) is 13.2 Å². The van der Waals surface area contributed by atoms with Crippen LogP contribution in [0, 0.1) is 17.1 Å². The molecule has 0 radical (unpaired) electrons. The van der Waals surface area contributed by atoms with E-state index < -0.39 is 35.7 Å². The molecule has 9 heteroatoms. The molecule has 17 heavy (non-hydrogen) atoms. The van der Waals surface area contributed by atoms with Crippen LogP contribution in [0.3, 0.4) is 0 Å². The molecule has 92 valence electrons. The van der Waals surface area contributed by atoms with E-state index in [1.165, 1.54) is 0 Å². The van der Waals surface area contributed by atoms with E-state index in [1.807, 2.05) is 0 Å². The lowest BCUT2D eigenvalue weighted by Crippen LogP contribution is -2.19. The van der Waals surface area contributed by atoms with Crippen LogP contribution in [0.5, 0.6) is 5.88 Å². The van der Waals surface area contributed by atoms with Crippen molar-refractivity contribution in [2.45, 2.75) is 12.8 Å². The molecule has 0 N–H and O–H groups in total. The number of hydrogen-bond donors (Lipinski definition) is 0. The third kappa shape index (κ3) is 3.24. The van der Waals surface area contributed by atoms with E-state index in [2.05, 4.69) is 9.72 Å². The first kappa shape index (κ1) is 13.1. The zero-order valence-corrected chi connectivity index (χ0v) is 7.73. The first-order chi connectivity index (χ1) is 7.74. The lowest BCUT2D eigenvalue weighted by Gasteiger charge is -2.10. The van der Waals surface area contributed by atoms with Crippen LogP contribution in [0.1, 0.15) is 17.7 Å². The molecule has 1 rings (SSSR count). The number of halogens is 6. The second-order valence-corrected chi connectivity index (χ2v) is 2.67. The highest BCUT2D eigenvalue weighted by molar-refractivity contribution is 5.36. The van der Waals surface area contributed by atoms with Crippen molar-refractivity contribution in [3.05, 3.63) is 23.1 Å². The second kappa shape index (κ2) is 4.48. The van der Waals surface area contributed by atoms with Crippen molar-refractivity contribution >= 4 is 0 Å². The fourth-order valence-electron chi connectivity index (χ4n) is 0.923. The quantitative estimate of drug-likeness (QED) is 0.764. The molecule has 0 fully saturated rings. The number of ether oxygens (including phenoxy) is 1. The van der Waals surface area contributed by atoms with E-state index in [-0.39, 0.29) is 6.07 Å². The van der Waals surface area contributed by atoms with Crippen molar-refractivity contribution in [2.75, 3.05) is 0 Å². The molecule has 1 aromatic rings. The molecule has 1 aromatic heterocycles. The summed E-state index contributed by atoms with van der Waals surface area (Å²) in [6.45, 7) is 0. The van der Waals surface area contributed by atoms with Crippen LogP contribution < -0.4 is 4.74 Å². The zero-order chi connectivity index (χ0) is 13.2. The van der Waals surface area contributed by atoms with Gasteiger partial charge in [-0.3, -0.25) is 0 Å². The maximum Gasteiger partial charge on any atom is 0.574 e. The predicted octanol–water partition coefficient (Wildman–Crippen LogP) is 2.93. The highest BCUT2D eigenvalue weighted by atomic mass is 19.4. The van der Waals surface area contributed by atoms with Gasteiger partial charge >= 0.3 is 6.36 Å². The van der Waals surface area contributed by atoms with Gasteiger partial charge in [0.05, 0.1) is 5.56 Å². The van der Waals surface area contributed by atoms with Crippen LogP contribution in [-0.4, -0.2) is 11.3 Å². The average molecular weight is 256 g/mol. The van der Waals surface area contributed by atoms with Crippen LogP contribution >= 0.6 is 0 Å². The summed E-state index contributed by atoms with van der Waals surface area (Å²) in [5.41, 5.74) is -2.12. The van der Waals surface area contributed by atoms with Crippen molar-refractivity contribution in [2.24, 2.45) is 0 Å². The highest BCUT2D eigenvalue weighted by Gasteiger charge is 2.34. The van der Waals surface area contributed by atoms with E-state index in [9.17, 15) is 26.3 Å². The van der Waals surface area contributed by atoms with E-state index in [0.29, 0.717) is 0 Å². The van der Waals surface area contributed by atoms with Crippen LogP contribution in [0.2, 0.25) is 0 Å². The molecule has 0 bridgehead atoms. The van der Waals surface area contributed by atoms with Gasteiger partial charge in [-0.25, -0.2) is 13.2 Å². The topological polar surface area (TPSA) is 45.9 Å². The first-order valence-corrected chi connectivity index (χ1v) is 3.89. The van der Waals surface area contributed by atoms with Crippen molar-refractivity contribution in [3.63, 3.8) is 0 Å². The van der Waals surface area contributed by atoms with Gasteiger partial charge in [-0.1, -0.05) is 0 Å². The fourth-order valence-corrected chi connectivity index (χ4v) is 0.923. The predicted molar refractivity (Wildman–Crippen MR) is 40.5 cm³/mol. The number of nitriles is 1. The molecule has 0 amide bonds. The van der Waals surface area contributed by atoms with Gasteiger partial charge in [-0.2, -0.15) is 10.2 Å². The van der Waals surface area contributed by atoms with Gasteiger partial charge in [0.25, 0.3) is 12.3 Å². The number of hydrogen-bond acceptors (Lipinski definition) is 3. The average Bonchev–Trinajstić information content (AvgIpc) is 2.18. The van der Waals surface area contributed by atoms with E-state index in [4.69, 9.17) is 5.26 Å². The molecule has 0 spiro atoms. The summed E-state index contributed by atoms with van der Waals surface area (Å²) in [5.74, 6) is -3.30. The van der Waals surface area contributed by atoms with Gasteiger partial charge in [0, 0.05) is 0 Å². The SMILES string of the molecule is N#Cc1nc(OC(F)(F)F)c(F)cc1C(F)F. The molecule has 0 unspecified atom stereocenters. The Hall–Kier alpha value is -1.98. The molecule has 0 atom stereocenters. The number of aromatic nitrogens is 1. The summed E-state index contributed by atoms with van der Waals surface area (Å²) in [4.78, 5) is 2.74. The van der Waals surface area contributed by atoms with Crippen molar-refractivity contribution in [3.8, 4) is 11.9 Å². The molecule has 0 aliphatic heterocycles. The van der Waals surface area contributed by atoms with Crippen LogP contribution in [0.25, 0.3) is 0 Å². The normalized spacial score (nSPS) is 11.4. The summed E-state index contributed by atoms with van der Waals surface area (Å²) < 4.78 is 75.8. The molecule has 0 saturated heterocycles. The van der Waals surface area contributed by atoms with Crippen molar-refractivity contribution in [1.29, 1.82) is 5.26 Å². The minimum Gasteiger partial charge on any atom is -0.385 e. The number of alkyl halides is 5. The lowest BCUT2D eigenvalue weighted by molar-refractivity contribution is -0.277. The molecular weight excluding hydrogens is 254 g/mol. The summed E-state index contributed by atoms with van der Waals surface area (Å²) in [5, 5.41) is 8.38. The number of rotatable bonds is 2. The largest absolute Gasteiger partial charge is 0.574 e. The molecule has 0 aliphatic rings. The van der Waals surface area contributed by atoms with Gasteiger partial charge in [-0.05, 0) is 6.07 Å². The maximum absolute atomic E-state index is 12.9. The second-order valence-electron chi connectivity index (χ2n) is 2.67. The Kier molecular flexibility index (Phi) is 3.45. The van der Waals surface area contributed by atoms with E-state index in [1.54, 1.807) is 0 Å². The Morgan fingerprint density at radius 1 is 1.35 bits per heavy atom. The molecule has 0 saturated carbocycles. The molecule has 1 heterocycles. The van der Waals surface area contributed by atoms with Gasteiger partial charge in [0.15, 0.2) is 11.5 Å². The summed E-state index contributed by atoms with van der Waals surface area (Å²) in [6.07, 6.45) is -8.46. The van der Waals surface area contributed by atoms with Gasteiger partial charge in [0.2, 0.25) is 0 Å². The highest BCUT2D eigenvalue weighted by Crippen LogP contribution is 2.29. The molecule has 0 aromatic carbocycles. The number of nitrogens with zero attached hydrogens (tertiary/aromatic N) is 2. The van der Waals surface area contributed by atoms with E-state index >= 15 is 0 Å². The molecule has 3 nitrogen and oxygen atoms in total. The summed E-state index contributed by atoms with van der Waals surface area (Å²) >= 11 is 0. The van der Waals surface area contributed by atoms with E-state index in [0.717, 1.165) is 6.07 Å². The minimum absolute atomic E-state index is 0.0806. The third-order valence-corrected chi connectivity index (χ3v) is 1.53. The Morgan fingerprint density at radius 3 is 2.35 bits per heavy atom. The first-order valence-electron chi connectivity index (χ1n) is 3.89. The van der Waals surface area contributed by atoms with Crippen molar-refractivity contribution < 1.29 is 31.1 Å². The minimum atomic E-state index is -5.23. The monoisotopic (exact) mass is 256 g/mol. The fraction of sp³-hybridized carbons (Fsp3) is 0.250. The number of pyridine rings is 1. The lowest BCUT2D eigenvalue weighted by atomic mass is 10.2. The summed E-state index contributed by atoms with van der Waals surface area (Å²) in [7, 11) is 0. The van der Waals surface area contributed by atoms with Gasteiger partial charge < -0.3 is 4.74 Å². The van der Waals surface area contributed by atoms with Crippen molar-refractivity contribution in [1.82, 2.24) is 4.98 Å². The standard InChI is InChI=1S/C8H2F6N2O/c9-4-1-3(6(10)11)5(2-15)16-7(4)17-8(12,13)14/h1,6H. The molecule has 0 aliphatic carbocycles. The molecular formula is C8H2F6N2O. The Morgan fingerprint density at radius 2 is 1.94 bits per heavy atom. The summed E-state index contributed by atoms with van der Waals surface area (Å²) in [6, 6.07) is 1.21. The Labute approximate surface area is 90.2 Å². The maximum atomic E-state index is 12.9. The van der Waals surface area contributed by atoms with Gasteiger partial charge in [0.1, 0.15) is 6.07 Å².